The van der Waals surface area contributed by atoms with Crippen molar-refractivity contribution in [3.05, 3.63) is 359 Å². The Bertz CT molecular complexity index is 8510. The van der Waals surface area contributed by atoms with E-state index in [0.717, 1.165) is 215 Å². The molecule has 0 saturated carbocycles. The Labute approximate surface area is 864 Å². The van der Waals surface area contributed by atoms with Crippen molar-refractivity contribution in [2.45, 2.75) is 128 Å². The molecule has 0 amide bonds. The molecule has 5 aromatic carbocycles. The molecule has 0 unspecified atom stereocenters. The number of methoxy groups -OCH3 is 5. The number of aryl methyl sites for hydroxylation is 9. The fraction of sp³-hybridized carbons (Fsp3) is 0.218. The van der Waals surface area contributed by atoms with Crippen molar-refractivity contribution in [3.8, 4) is 145 Å². The Kier molecular flexibility index (Phi) is 27.5. The van der Waals surface area contributed by atoms with Crippen molar-refractivity contribution in [2.75, 3.05) is 35.5 Å². The highest BCUT2D eigenvalue weighted by molar-refractivity contribution is 7.12. The molecule has 5 aliphatic heterocycles. The van der Waals surface area contributed by atoms with Gasteiger partial charge in [0.2, 0.25) is 5.82 Å². The maximum Gasteiger partial charge on any atom is 0.205 e. The van der Waals surface area contributed by atoms with E-state index in [0.29, 0.717) is 105 Å². The van der Waals surface area contributed by atoms with Crippen LogP contribution in [-0.4, -0.2) is 192 Å². The number of rotatable bonds is 10. The van der Waals surface area contributed by atoms with Crippen molar-refractivity contribution >= 4 is 22.9 Å². The van der Waals surface area contributed by atoms with Gasteiger partial charge in [-0.15, -0.1) is 62.3 Å². The number of thiazole rings is 1. The number of halogens is 1. The first-order valence-electron chi connectivity index (χ1n) is 47.3. The van der Waals surface area contributed by atoms with E-state index in [-0.39, 0.29) is 0 Å². The third-order valence-corrected chi connectivity index (χ3v) is 26.0. The Morgan fingerprint density at radius 3 is 0.919 bits per heavy atom. The van der Waals surface area contributed by atoms with Crippen LogP contribution in [0.3, 0.4) is 0 Å². The Balaban J connectivity index is 0.000000109. The predicted octanol–water partition coefficient (Wildman–Crippen LogP) is 14.4. The van der Waals surface area contributed by atoms with Crippen molar-refractivity contribution in [1.82, 2.24) is 156 Å². The van der Waals surface area contributed by atoms with E-state index < -0.39 is 0 Å². The minimum absolute atomic E-state index is 0.352. The molecule has 5 aliphatic rings. The van der Waals surface area contributed by atoms with E-state index >= 15 is 0 Å². The summed E-state index contributed by atoms with van der Waals surface area (Å²) in [5, 5.41) is 45.6. The Morgan fingerprint density at radius 2 is 0.604 bits per heavy atom. The van der Waals surface area contributed by atoms with Gasteiger partial charge in [0.25, 0.3) is 0 Å². The van der Waals surface area contributed by atoms with Gasteiger partial charge in [-0.1, -0.05) is 76.2 Å². The fourth-order valence-corrected chi connectivity index (χ4v) is 18.6. The molecule has 39 heteroatoms. The highest BCUT2D eigenvalue weighted by Gasteiger charge is 2.33. The molecule has 0 aliphatic carbocycles. The van der Waals surface area contributed by atoms with E-state index in [9.17, 15) is 0 Å². The van der Waals surface area contributed by atoms with Gasteiger partial charge in [0.1, 0.15) is 110 Å². The lowest BCUT2D eigenvalue weighted by atomic mass is 10.1. The summed E-state index contributed by atoms with van der Waals surface area (Å²) in [7, 11) is 8.26. The summed E-state index contributed by atoms with van der Waals surface area (Å²) in [5.74, 6) is 40.6. The van der Waals surface area contributed by atoms with Gasteiger partial charge in [0, 0.05) is 105 Å². The van der Waals surface area contributed by atoms with Crippen LogP contribution in [0.5, 0.6) is 0 Å². The number of nitrogens with zero attached hydrogens (tertiary/aromatic N) is 32. The molecular weight excluding hydrogens is 1920 g/mol. The number of hydrogen-bond donors (Lipinski definition) is 0. The lowest BCUT2D eigenvalue weighted by Gasteiger charge is -2.08. The molecule has 0 fully saturated rings. The van der Waals surface area contributed by atoms with Gasteiger partial charge >= 0.3 is 0 Å². The molecule has 149 heavy (non-hydrogen) atoms. The van der Waals surface area contributed by atoms with Crippen LogP contribution in [0.25, 0.3) is 85.4 Å². The second-order valence-corrected chi connectivity index (χ2v) is 37.2. The SMILES string of the molecule is COCc1nnc2n1Cc1c(C#Cc3cccc(C)n3)ncn1-c1ccc(C)cc1-2.COCc1nnc2n1Cc1c(C#Cc3cccc(C)n3)ncn1-c1ccc(Cl)cc1-2.COCc1nnc2n1Cc1c(C#Cc3cnc(C)nc3)ncn1-c1ccc(C)cc1-2.COCc1nnc2n1Cc1c(C#Cc3cnc(C)s3)ncn1-c1ccc(C)cc1-2.COCc1nnc2n1Cc1c(C#Cc3ncc(C)cn3)ncn1-c1ccc(C)cc1-2. The predicted molar refractivity (Wildman–Crippen MR) is 554 cm³/mol. The van der Waals surface area contributed by atoms with Gasteiger partial charge < -0.3 is 46.5 Å². The zero-order valence-corrected chi connectivity index (χ0v) is 85.2. The molecule has 15 aromatic heterocycles. The lowest BCUT2D eigenvalue weighted by molar-refractivity contribution is 0.174. The quantitative estimate of drug-likeness (QED) is 0.115. The zero-order valence-electron chi connectivity index (χ0n) is 83.6. The first-order valence-corrected chi connectivity index (χ1v) is 48.5. The number of benzene rings is 5. The summed E-state index contributed by atoms with van der Waals surface area (Å²) in [6.45, 7) is 22.5. The first-order chi connectivity index (χ1) is 72.7. The molecule has 20 aromatic rings. The summed E-state index contributed by atoms with van der Waals surface area (Å²) in [6, 6.07) is 42.5. The van der Waals surface area contributed by atoms with Crippen LogP contribution >= 0.6 is 22.9 Å². The summed E-state index contributed by atoms with van der Waals surface area (Å²) in [4.78, 5) is 54.0. The normalized spacial score (nSPS) is 11.7. The van der Waals surface area contributed by atoms with Gasteiger partial charge in [-0.2, -0.15) is 0 Å². The monoisotopic (exact) mass is 2010 g/mol. The Morgan fingerprint density at radius 1 is 0.295 bits per heavy atom. The lowest BCUT2D eigenvalue weighted by Crippen LogP contribution is -2.09. The molecule has 0 atom stereocenters. The van der Waals surface area contributed by atoms with E-state index in [1.54, 1.807) is 90.5 Å². The fourth-order valence-electron chi connectivity index (χ4n) is 17.8. The molecule has 736 valence electrons. The van der Waals surface area contributed by atoms with Crippen LogP contribution in [-0.2, 0) is 89.4 Å². The van der Waals surface area contributed by atoms with E-state index in [1.807, 2.05) is 117 Å². The number of ether oxygens (including phenoxy) is 5. The van der Waals surface area contributed by atoms with E-state index in [1.165, 1.54) is 0 Å². The molecule has 20 heterocycles. The molecule has 0 N–H and O–H groups in total. The third kappa shape index (κ3) is 20.0. The minimum atomic E-state index is 0.352. The third-order valence-electron chi connectivity index (χ3n) is 24.9. The highest BCUT2D eigenvalue weighted by Crippen LogP contribution is 2.41. The first kappa shape index (κ1) is 96.9. The zero-order chi connectivity index (χ0) is 103. The maximum absolute atomic E-state index is 6.29. The van der Waals surface area contributed by atoms with Crippen molar-refractivity contribution in [2.24, 2.45) is 0 Å². The van der Waals surface area contributed by atoms with Crippen LogP contribution in [0.15, 0.2) is 190 Å². The molecule has 0 saturated heterocycles. The van der Waals surface area contributed by atoms with Crippen LogP contribution < -0.4 is 0 Å². The molecule has 0 spiro atoms. The number of imidazole rings is 5. The average molecular weight is 2010 g/mol. The second kappa shape index (κ2) is 42.3. The molecule has 0 bridgehead atoms. The maximum atomic E-state index is 6.29. The van der Waals surface area contributed by atoms with Gasteiger partial charge in [0.05, 0.1) is 111 Å². The summed E-state index contributed by atoms with van der Waals surface area (Å²) < 4.78 is 47.3. The van der Waals surface area contributed by atoms with Crippen LogP contribution in [0.4, 0.5) is 0 Å². The van der Waals surface area contributed by atoms with Gasteiger partial charge in [0.15, 0.2) is 58.2 Å². The van der Waals surface area contributed by atoms with Gasteiger partial charge in [-0.25, -0.2) is 59.8 Å². The highest BCUT2D eigenvalue weighted by atomic mass is 35.5. The van der Waals surface area contributed by atoms with Crippen LogP contribution in [0.2, 0.25) is 5.02 Å². The molecule has 25 rings (SSSR count). The smallest absolute Gasteiger partial charge is 0.205 e. The summed E-state index contributed by atoms with van der Waals surface area (Å²) in [5.41, 5.74) is 27.9. The molecular formula is C110H93ClN32O5S. The molecule has 37 nitrogen and oxygen atoms in total. The number of hydrogen-bond acceptors (Lipinski definition) is 28. The summed E-state index contributed by atoms with van der Waals surface area (Å²) in [6.07, 6.45) is 17.8. The van der Waals surface area contributed by atoms with Gasteiger partial charge in [-0.05, 0) is 212 Å². The minimum Gasteiger partial charge on any atom is -0.377 e. The van der Waals surface area contributed by atoms with Crippen LogP contribution in [0.1, 0.15) is 164 Å². The summed E-state index contributed by atoms with van der Waals surface area (Å²) >= 11 is 7.87. The largest absolute Gasteiger partial charge is 0.377 e. The van der Waals surface area contributed by atoms with Gasteiger partial charge in [-0.3, -0.25) is 22.8 Å². The van der Waals surface area contributed by atoms with E-state index in [4.69, 9.17) is 35.3 Å². The van der Waals surface area contributed by atoms with Crippen molar-refractivity contribution in [1.29, 1.82) is 0 Å². The standard InChI is InChI=1S/C23H20N6O.C22H17ClN6O.2C22H19N7O.C21H18N6OS/c1-15-7-10-20-18(11-15)23-27-26-22(13-30-3)28(23)12-21-19(24-14-29(20)21)9-8-17-6-4-5-16(2)25-17;1-14-4-3-5-16(25-14)7-8-18-20-11-28-21(12-30-2)26-27-22(28)17-10-15(23)6-9-19(17)29(20)13-24-18;1-14-4-7-19-17(8-14)22-27-26-21(12-30-3)28(22)11-20-18(25-13-29(19)20)6-5-16-9-23-15(2)24-10-16;1-14-4-6-18-16(8-14)22-27-26-21(12-30-3)28(22)11-19-17(25-13-29(18)19)5-7-20-23-9-15(2)10-24-20;1-13-4-7-18-16(8-13)21-25-24-20(11-28-3)26(21)10-19-17(23-12-27(18)19)6-5-15-9-22-14(2)29-15/h4-7,10-11,14H,12-13H2,1-3H3;3-6,9-10,13H,11-12H2,1-2H3;4,7-10,13H,11-12H2,1-3H3;4,6,8-10,13H,11-12H2,1-3H3;4,7-9,12H,10-11H2,1-3H3. The van der Waals surface area contributed by atoms with Crippen molar-refractivity contribution < 1.29 is 23.7 Å². The number of fused-ring (bicyclic) bond motifs is 25. The Hall–Kier alpha value is -18.2. The van der Waals surface area contributed by atoms with E-state index in [2.05, 4.69) is 307 Å². The van der Waals surface area contributed by atoms with Crippen molar-refractivity contribution in [3.63, 3.8) is 0 Å². The number of pyridine rings is 2. The van der Waals surface area contributed by atoms with Crippen LogP contribution in [0, 0.1) is 122 Å². The second-order valence-electron chi connectivity index (χ2n) is 35.5. The topological polar surface area (TPSA) is 379 Å². The average Bonchev–Trinajstić information content (AvgIpc) is 1.62. The number of aromatic nitrogens is 32. The molecule has 0 radical (unpaired) electrons.